The van der Waals surface area contributed by atoms with Gasteiger partial charge in [-0.05, 0) is 43.7 Å². The first-order valence-corrected chi connectivity index (χ1v) is 13.2. The highest BCUT2D eigenvalue weighted by molar-refractivity contribution is 5.84. The number of piperazine rings is 1. The van der Waals surface area contributed by atoms with Crippen LogP contribution in [0, 0.1) is 0 Å². The van der Waals surface area contributed by atoms with Gasteiger partial charge in [-0.3, -0.25) is 4.98 Å². The molecule has 1 aliphatic carbocycles. The van der Waals surface area contributed by atoms with E-state index in [1.54, 1.807) is 7.11 Å². The van der Waals surface area contributed by atoms with Crippen LogP contribution in [0.1, 0.15) is 37.3 Å². The number of fused-ring (bicyclic) bond motifs is 1. The number of nitrogens with zero attached hydrogens (tertiary/aromatic N) is 7. The summed E-state index contributed by atoms with van der Waals surface area (Å²) in [6.07, 6.45) is 8.77. The first kappa shape index (κ1) is 23.7. The van der Waals surface area contributed by atoms with Gasteiger partial charge < -0.3 is 24.4 Å². The van der Waals surface area contributed by atoms with Gasteiger partial charge in [-0.2, -0.15) is 9.97 Å². The summed E-state index contributed by atoms with van der Waals surface area (Å²) in [6, 6.07) is 12.5. The van der Waals surface area contributed by atoms with Crippen LogP contribution in [0.2, 0.25) is 0 Å². The molecule has 1 aliphatic heterocycles. The van der Waals surface area contributed by atoms with Gasteiger partial charge in [-0.1, -0.05) is 31.0 Å². The van der Waals surface area contributed by atoms with Crippen LogP contribution in [0.25, 0.3) is 22.4 Å². The van der Waals surface area contributed by atoms with Crippen LogP contribution in [0.4, 0.5) is 11.8 Å². The Balaban J connectivity index is 1.27. The van der Waals surface area contributed by atoms with Gasteiger partial charge in [0.25, 0.3) is 0 Å². The minimum absolute atomic E-state index is 0.472. The van der Waals surface area contributed by atoms with E-state index in [9.17, 15) is 0 Å². The first-order valence-electron chi connectivity index (χ1n) is 13.2. The van der Waals surface area contributed by atoms with E-state index in [0.29, 0.717) is 12.6 Å². The Morgan fingerprint density at radius 3 is 2.54 bits per heavy atom. The lowest BCUT2D eigenvalue weighted by Gasteiger charge is -2.32. The Kier molecular flexibility index (Phi) is 6.61. The number of benzene rings is 1. The number of pyridine rings is 1. The second kappa shape index (κ2) is 10.3. The molecule has 4 heterocycles. The second-order valence-corrected chi connectivity index (χ2v) is 10.0. The average molecular weight is 499 g/mol. The van der Waals surface area contributed by atoms with Crippen molar-refractivity contribution in [3.05, 3.63) is 54.5 Å². The minimum atomic E-state index is 0.472. The maximum atomic E-state index is 5.50. The summed E-state index contributed by atoms with van der Waals surface area (Å²) in [4.78, 5) is 24.1. The SMILES string of the molecule is COc1ccccc1-c1ccc(CNc2nc(N3CCN(C)CC3)nc3c2ncn3C2CCCC2)cn1. The highest BCUT2D eigenvalue weighted by Crippen LogP contribution is 2.34. The van der Waals surface area contributed by atoms with Gasteiger partial charge in [0.2, 0.25) is 5.95 Å². The molecule has 2 aliphatic rings. The summed E-state index contributed by atoms with van der Waals surface area (Å²) in [5.41, 5.74) is 4.71. The zero-order valence-corrected chi connectivity index (χ0v) is 21.6. The number of nitrogens with one attached hydrogen (secondary N) is 1. The topological polar surface area (TPSA) is 84.2 Å². The maximum Gasteiger partial charge on any atom is 0.229 e. The van der Waals surface area contributed by atoms with Crippen molar-refractivity contribution in [2.75, 3.05) is 50.6 Å². The molecule has 6 rings (SSSR count). The summed E-state index contributed by atoms with van der Waals surface area (Å²) < 4.78 is 7.78. The molecule has 192 valence electrons. The first-order chi connectivity index (χ1) is 18.2. The van der Waals surface area contributed by atoms with Crippen molar-refractivity contribution in [1.29, 1.82) is 0 Å². The monoisotopic (exact) mass is 498 g/mol. The summed E-state index contributed by atoms with van der Waals surface area (Å²) in [5, 5.41) is 3.55. The van der Waals surface area contributed by atoms with E-state index in [-0.39, 0.29) is 0 Å². The molecule has 4 aromatic rings. The zero-order valence-electron chi connectivity index (χ0n) is 21.6. The lowest BCUT2D eigenvalue weighted by Crippen LogP contribution is -2.45. The quantitative estimate of drug-likeness (QED) is 0.402. The summed E-state index contributed by atoms with van der Waals surface area (Å²) >= 11 is 0. The molecule has 0 amide bonds. The predicted octanol–water partition coefficient (Wildman–Crippen LogP) is 4.38. The molecular weight excluding hydrogens is 464 g/mol. The Morgan fingerprint density at radius 2 is 1.78 bits per heavy atom. The molecular formula is C28H34N8O. The largest absolute Gasteiger partial charge is 0.496 e. The molecule has 3 aromatic heterocycles. The smallest absolute Gasteiger partial charge is 0.229 e. The Morgan fingerprint density at radius 1 is 0.973 bits per heavy atom. The Bertz CT molecular complexity index is 1350. The summed E-state index contributed by atoms with van der Waals surface area (Å²) in [5.74, 6) is 2.38. The standard InChI is InChI=1S/C28H34N8O/c1-34-13-15-35(16-14-34)28-32-26(25-27(33-28)36(19-31-25)21-7-3-4-8-21)30-18-20-11-12-23(29-17-20)22-9-5-6-10-24(22)37-2/h5-6,9-12,17,19,21H,3-4,7-8,13-16,18H2,1-2H3,(H,30,32,33). The summed E-state index contributed by atoms with van der Waals surface area (Å²) in [7, 11) is 3.85. The molecule has 0 atom stereocenters. The van der Waals surface area contributed by atoms with E-state index in [0.717, 1.165) is 71.7 Å². The van der Waals surface area contributed by atoms with E-state index >= 15 is 0 Å². The molecule has 1 aromatic carbocycles. The van der Waals surface area contributed by atoms with Crippen molar-refractivity contribution >= 4 is 22.9 Å². The molecule has 9 heteroatoms. The van der Waals surface area contributed by atoms with E-state index in [4.69, 9.17) is 24.7 Å². The Labute approximate surface area is 217 Å². The molecule has 1 N–H and O–H groups in total. The highest BCUT2D eigenvalue weighted by Gasteiger charge is 2.24. The van der Waals surface area contributed by atoms with Gasteiger partial charge in [0.05, 0.1) is 19.1 Å². The third-order valence-electron chi connectivity index (χ3n) is 7.58. The van der Waals surface area contributed by atoms with E-state index < -0.39 is 0 Å². The average Bonchev–Trinajstić information content (AvgIpc) is 3.62. The van der Waals surface area contributed by atoms with Crippen LogP contribution in [-0.2, 0) is 6.54 Å². The fourth-order valence-corrected chi connectivity index (χ4v) is 5.36. The molecule has 0 spiro atoms. The highest BCUT2D eigenvalue weighted by atomic mass is 16.5. The van der Waals surface area contributed by atoms with Gasteiger partial charge in [0.15, 0.2) is 17.0 Å². The van der Waals surface area contributed by atoms with E-state index in [1.165, 1.54) is 25.7 Å². The van der Waals surface area contributed by atoms with Crippen LogP contribution in [0.15, 0.2) is 48.9 Å². The molecule has 37 heavy (non-hydrogen) atoms. The van der Waals surface area contributed by atoms with Crippen molar-refractivity contribution in [2.24, 2.45) is 0 Å². The second-order valence-electron chi connectivity index (χ2n) is 10.0. The van der Waals surface area contributed by atoms with Crippen molar-refractivity contribution in [3.63, 3.8) is 0 Å². The number of anilines is 2. The van der Waals surface area contributed by atoms with Crippen molar-refractivity contribution in [1.82, 2.24) is 29.4 Å². The van der Waals surface area contributed by atoms with Crippen molar-refractivity contribution in [2.45, 2.75) is 38.3 Å². The van der Waals surface area contributed by atoms with Crippen molar-refractivity contribution < 1.29 is 4.74 Å². The molecule has 1 saturated carbocycles. The third-order valence-corrected chi connectivity index (χ3v) is 7.58. The predicted molar refractivity (Wildman–Crippen MR) is 146 cm³/mol. The van der Waals surface area contributed by atoms with Crippen molar-refractivity contribution in [3.8, 4) is 17.0 Å². The van der Waals surface area contributed by atoms with E-state index in [1.807, 2.05) is 42.9 Å². The molecule has 0 bridgehead atoms. The third kappa shape index (κ3) is 4.83. The van der Waals surface area contributed by atoms with E-state index in [2.05, 4.69) is 32.8 Å². The number of likely N-dealkylation sites (N-methyl/N-ethyl adjacent to an activating group) is 1. The fraction of sp³-hybridized carbons (Fsp3) is 0.429. The van der Waals surface area contributed by atoms with Gasteiger partial charge in [-0.25, -0.2) is 4.98 Å². The van der Waals surface area contributed by atoms with Crippen LogP contribution in [0.5, 0.6) is 5.75 Å². The number of hydrogen-bond acceptors (Lipinski definition) is 8. The lowest BCUT2D eigenvalue weighted by molar-refractivity contribution is 0.311. The molecule has 2 fully saturated rings. The summed E-state index contributed by atoms with van der Waals surface area (Å²) in [6.45, 7) is 4.47. The number of methoxy groups -OCH3 is 1. The van der Waals surface area contributed by atoms with Gasteiger partial charge in [-0.15, -0.1) is 0 Å². The number of rotatable bonds is 7. The minimum Gasteiger partial charge on any atom is -0.496 e. The number of para-hydroxylation sites is 1. The van der Waals surface area contributed by atoms with Crippen LogP contribution < -0.4 is 15.0 Å². The molecule has 1 saturated heterocycles. The number of ether oxygens (including phenoxy) is 1. The molecule has 9 nitrogen and oxygen atoms in total. The molecule has 0 radical (unpaired) electrons. The van der Waals surface area contributed by atoms with Gasteiger partial charge in [0, 0.05) is 50.5 Å². The van der Waals surface area contributed by atoms with Crippen LogP contribution >= 0.6 is 0 Å². The molecule has 0 unspecified atom stereocenters. The Hall–Kier alpha value is -3.72. The lowest BCUT2D eigenvalue weighted by atomic mass is 10.1. The normalized spacial score (nSPS) is 17.0. The maximum absolute atomic E-state index is 5.50. The number of hydrogen-bond donors (Lipinski definition) is 1. The number of imidazole rings is 1. The number of aromatic nitrogens is 5. The zero-order chi connectivity index (χ0) is 25.2. The van der Waals surface area contributed by atoms with Crippen LogP contribution in [0.3, 0.4) is 0 Å². The fourth-order valence-electron chi connectivity index (χ4n) is 5.36. The van der Waals surface area contributed by atoms with Gasteiger partial charge >= 0.3 is 0 Å². The van der Waals surface area contributed by atoms with Crippen LogP contribution in [-0.4, -0.2) is 69.7 Å². The van der Waals surface area contributed by atoms with Gasteiger partial charge in [0.1, 0.15) is 5.75 Å².